The Bertz CT molecular complexity index is 284. The van der Waals surface area contributed by atoms with Gasteiger partial charge in [-0.1, -0.05) is 0 Å². The molecule has 0 spiro atoms. The summed E-state index contributed by atoms with van der Waals surface area (Å²) in [5.74, 6) is 0. The lowest BCUT2D eigenvalue weighted by Crippen LogP contribution is -2.39. The third-order valence-corrected chi connectivity index (χ3v) is 3.36. The van der Waals surface area contributed by atoms with Gasteiger partial charge in [-0.25, -0.2) is 0 Å². The highest BCUT2D eigenvalue weighted by molar-refractivity contribution is 7.08. The lowest BCUT2D eigenvalue weighted by molar-refractivity contribution is -0.119. The topological polar surface area (TPSA) is 30.5 Å². The van der Waals surface area contributed by atoms with E-state index in [1.165, 1.54) is 11.1 Å². The molecule has 4 heteroatoms. The van der Waals surface area contributed by atoms with Gasteiger partial charge in [-0.2, -0.15) is 11.3 Å². The van der Waals surface area contributed by atoms with Crippen molar-refractivity contribution < 1.29 is 9.47 Å². The van der Waals surface area contributed by atoms with Crippen LogP contribution in [0.25, 0.3) is 0 Å². The Hall–Kier alpha value is -0.420. The predicted molar refractivity (Wildman–Crippen MR) is 63.2 cm³/mol. The van der Waals surface area contributed by atoms with E-state index in [1.807, 2.05) is 0 Å². The average molecular weight is 229 g/mol. The van der Waals surface area contributed by atoms with Crippen molar-refractivity contribution in [1.82, 2.24) is 5.32 Å². The van der Waals surface area contributed by atoms with Crippen molar-refractivity contribution in [3.8, 4) is 0 Å². The highest BCUT2D eigenvalue weighted by atomic mass is 32.1. The van der Waals surface area contributed by atoms with Crippen LogP contribution in [0.5, 0.6) is 0 Å². The van der Waals surface area contributed by atoms with Crippen LogP contribution in [-0.2, 0) is 16.0 Å². The number of hydrogen-bond acceptors (Lipinski definition) is 4. The zero-order chi connectivity index (χ0) is 11.3. The van der Waals surface area contributed by atoms with Gasteiger partial charge in [0.25, 0.3) is 0 Å². The molecule has 0 aliphatic carbocycles. The third-order valence-electron chi connectivity index (χ3n) is 2.45. The van der Waals surface area contributed by atoms with E-state index in [0.717, 1.165) is 6.54 Å². The van der Waals surface area contributed by atoms with Gasteiger partial charge in [0.05, 0.1) is 6.04 Å². The first-order valence-electron chi connectivity index (χ1n) is 4.99. The zero-order valence-corrected chi connectivity index (χ0v) is 10.6. The minimum Gasteiger partial charge on any atom is -0.354 e. The summed E-state index contributed by atoms with van der Waals surface area (Å²) >= 11 is 1.74. The van der Waals surface area contributed by atoms with Crippen LogP contribution < -0.4 is 5.32 Å². The Morgan fingerprint density at radius 3 is 2.47 bits per heavy atom. The maximum Gasteiger partial charge on any atom is 0.171 e. The first-order chi connectivity index (χ1) is 7.19. The highest BCUT2D eigenvalue weighted by Gasteiger charge is 2.15. The van der Waals surface area contributed by atoms with Gasteiger partial charge in [0, 0.05) is 20.8 Å². The molecular weight excluding hydrogens is 210 g/mol. The molecule has 1 aromatic rings. The fraction of sp³-hybridized carbons (Fsp3) is 0.636. The van der Waals surface area contributed by atoms with Crippen LogP contribution in [-0.4, -0.2) is 26.6 Å². The van der Waals surface area contributed by atoms with Crippen molar-refractivity contribution in [2.75, 3.05) is 14.2 Å². The largest absolute Gasteiger partial charge is 0.354 e. The number of rotatable bonds is 6. The molecule has 1 unspecified atom stereocenters. The van der Waals surface area contributed by atoms with Gasteiger partial charge in [-0.05, 0) is 35.7 Å². The van der Waals surface area contributed by atoms with Crippen molar-refractivity contribution in [2.45, 2.75) is 32.7 Å². The van der Waals surface area contributed by atoms with E-state index in [1.54, 1.807) is 25.6 Å². The van der Waals surface area contributed by atoms with Crippen LogP contribution in [0.4, 0.5) is 0 Å². The summed E-state index contributed by atoms with van der Waals surface area (Å²) in [6, 6.07) is 0.180. The Morgan fingerprint density at radius 2 is 2.00 bits per heavy atom. The number of nitrogens with one attached hydrogen (secondary N) is 1. The predicted octanol–water partition coefficient (Wildman–Crippen LogP) is 2.15. The van der Waals surface area contributed by atoms with Gasteiger partial charge < -0.3 is 14.8 Å². The van der Waals surface area contributed by atoms with E-state index < -0.39 is 0 Å². The quantitative estimate of drug-likeness (QED) is 0.758. The molecule has 0 aliphatic rings. The number of ether oxygens (including phenoxy) is 2. The minimum absolute atomic E-state index is 0.180. The van der Waals surface area contributed by atoms with Gasteiger partial charge in [0.2, 0.25) is 0 Å². The molecule has 0 radical (unpaired) electrons. The second kappa shape index (κ2) is 6.23. The molecular formula is C11H19NO2S. The van der Waals surface area contributed by atoms with Crippen LogP contribution in [0, 0.1) is 6.92 Å². The maximum atomic E-state index is 5.18. The fourth-order valence-corrected chi connectivity index (χ4v) is 2.30. The second-order valence-electron chi connectivity index (χ2n) is 3.59. The molecule has 1 aromatic heterocycles. The third kappa shape index (κ3) is 3.57. The van der Waals surface area contributed by atoms with Gasteiger partial charge in [0.1, 0.15) is 0 Å². The molecule has 3 nitrogen and oxygen atoms in total. The van der Waals surface area contributed by atoms with Crippen LogP contribution >= 0.6 is 11.3 Å². The van der Waals surface area contributed by atoms with Crippen molar-refractivity contribution in [2.24, 2.45) is 0 Å². The van der Waals surface area contributed by atoms with Gasteiger partial charge in [-0.15, -0.1) is 0 Å². The number of hydrogen-bond donors (Lipinski definition) is 1. The molecule has 0 aliphatic heterocycles. The van der Waals surface area contributed by atoms with E-state index >= 15 is 0 Å². The molecule has 0 fully saturated rings. The first-order valence-corrected chi connectivity index (χ1v) is 5.94. The van der Waals surface area contributed by atoms with Crippen molar-refractivity contribution in [3.05, 3.63) is 21.9 Å². The van der Waals surface area contributed by atoms with E-state index in [-0.39, 0.29) is 12.3 Å². The molecule has 1 heterocycles. The smallest absolute Gasteiger partial charge is 0.171 e. The summed E-state index contributed by atoms with van der Waals surface area (Å²) in [4.78, 5) is 0. The van der Waals surface area contributed by atoms with Crippen LogP contribution in [0.1, 0.15) is 18.1 Å². The van der Waals surface area contributed by atoms with E-state index in [4.69, 9.17) is 9.47 Å². The molecule has 0 amide bonds. The number of aryl methyl sites for hydroxylation is 1. The molecule has 0 aromatic carbocycles. The first kappa shape index (κ1) is 12.6. The molecule has 1 rings (SSSR count). The van der Waals surface area contributed by atoms with E-state index in [9.17, 15) is 0 Å². The molecule has 0 saturated carbocycles. The Morgan fingerprint density at radius 1 is 1.33 bits per heavy atom. The van der Waals surface area contributed by atoms with Crippen molar-refractivity contribution in [1.29, 1.82) is 0 Å². The Kier molecular flexibility index (Phi) is 5.25. The van der Waals surface area contributed by atoms with Crippen LogP contribution in [0.15, 0.2) is 10.8 Å². The summed E-state index contributed by atoms with van der Waals surface area (Å²) in [5, 5.41) is 7.71. The molecule has 0 bridgehead atoms. The summed E-state index contributed by atoms with van der Waals surface area (Å²) in [6.07, 6.45) is -0.191. The van der Waals surface area contributed by atoms with Crippen molar-refractivity contribution >= 4 is 11.3 Å². The second-order valence-corrected chi connectivity index (χ2v) is 4.33. The van der Waals surface area contributed by atoms with Crippen LogP contribution in [0.3, 0.4) is 0 Å². The van der Waals surface area contributed by atoms with Gasteiger partial charge >= 0.3 is 0 Å². The molecule has 1 atom stereocenters. The molecule has 0 saturated heterocycles. The fourth-order valence-electron chi connectivity index (χ4n) is 1.44. The number of methoxy groups -OCH3 is 2. The Balaban J connectivity index is 2.40. The summed E-state index contributed by atoms with van der Waals surface area (Å²) < 4.78 is 10.4. The zero-order valence-electron chi connectivity index (χ0n) is 9.74. The normalized spacial score (nSPS) is 13.4. The number of thiophene rings is 1. The van der Waals surface area contributed by atoms with Crippen LogP contribution in [0.2, 0.25) is 0 Å². The molecule has 86 valence electrons. The summed E-state index contributed by atoms with van der Waals surface area (Å²) in [5.41, 5.74) is 2.68. The van der Waals surface area contributed by atoms with E-state index in [0.29, 0.717) is 0 Å². The summed E-state index contributed by atoms with van der Waals surface area (Å²) in [7, 11) is 3.31. The Labute approximate surface area is 95.4 Å². The monoisotopic (exact) mass is 229 g/mol. The van der Waals surface area contributed by atoms with Gasteiger partial charge in [-0.3, -0.25) is 0 Å². The summed E-state index contributed by atoms with van der Waals surface area (Å²) in [6.45, 7) is 5.04. The highest BCUT2D eigenvalue weighted by Crippen LogP contribution is 2.13. The lowest BCUT2D eigenvalue weighted by atomic mass is 10.2. The molecule has 1 N–H and O–H groups in total. The lowest BCUT2D eigenvalue weighted by Gasteiger charge is -2.22. The standard InChI is InChI=1S/C11H19NO2S/c1-8-6-15-7-10(8)5-12-9(2)11(13-3)14-4/h6-7,9,11-12H,5H2,1-4H3. The minimum atomic E-state index is -0.191. The maximum absolute atomic E-state index is 5.18. The van der Waals surface area contributed by atoms with Crippen molar-refractivity contribution in [3.63, 3.8) is 0 Å². The SMILES string of the molecule is COC(OC)C(C)NCc1cscc1C. The molecule has 15 heavy (non-hydrogen) atoms. The van der Waals surface area contributed by atoms with Gasteiger partial charge in [0.15, 0.2) is 6.29 Å². The average Bonchev–Trinajstić information content (AvgIpc) is 2.63. The van der Waals surface area contributed by atoms with E-state index in [2.05, 4.69) is 29.9 Å².